The van der Waals surface area contributed by atoms with Gasteiger partial charge in [-0.3, -0.25) is 9.89 Å². The monoisotopic (exact) mass is 374 g/mol. The van der Waals surface area contributed by atoms with Crippen LogP contribution < -0.4 is 5.32 Å². The van der Waals surface area contributed by atoms with Crippen LogP contribution in [0.4, 0.5) is 4.39 Å². The molecule has 0 aliphatic carbocycles. The van der Waals surface area contributed by atoms with Gasteiger partial charge in [0.25, 0.3) is 0 Å². The number of nitrogens with zero attached hydrogens (tertiary/aromatic N) is 2. The summed E-state index contributed by atoms with van der Waals surface area (Å²) in [5.41, 5.74) is 2.55. The van der Waals surface area contributed by atoms with E-state index in [-0.39, 0.29) is 17.8 Å². The van der Waals surface area contributed by atoms with Crippen molar-refractivity contribution in [1.29, 1.82) is 0 Å². The van der Waals surface area contributed by atoms with Crippen molar-refractivity contribution < 1.29 is 14.3 Å². The van der Waals surface area contributed by atoms with E-state index in [9.17, 15) is 14.3 Å². The molecule has 1 aliphatic heterocycles. The van der Waals surface area contributed by atoms with Crippen LogP contribution >= 0.6 is 0 Å². The molecule has 1 aromatic carbocycles. The molecule has 6 nitrogen and oxygen atoms in total. The zero-order valence-corrected chi connectivity index (χ0v) is 15.6. The van der Waals surface area contributed by atoms with Gasteiger partial charge in [-0.15, -0.1) is 0 Å². The second-order valence-corrected chi connectivity index (χ2v) is 7.21. The van der Waals surface area contributed by atoms with Gasteiger partial charge in [0.05, 0.1) is 17.8 Å². The van der Waals surface area contributed by atoms with Gasteiger partial charge >= 0.3 is 0 Å². The van der Waals surface area contributed by atoms with Crippen LogP contribution in [0.1, 0.15) is 31.4 Å². The van der Waals surface area contributed by atoms with Crippen molar-refractivity contribution in [1.82, 2.24) is 20.4 Å². The van der Waals surface area contributed by atoms with Crippen molar-refractivity contribution in [3.05, 3.63) is 41.8 Å². The first-order valence-electron chi connectivity index (χ1n) is 9.49. The highest BCUT2D eigenvalue weighted by Gasteiger charge is 2.29. The highest BCUT2D eigenvalue weighted by molar-refractivity contribution is 5.82. The molecule has 0 bridgehead atoms. The summed E-state index contributed by atoms with van der Waals surface area (Å²) in [6.07, 6.45) is 3.88. The lowest BCUT2D eigenvalue weighted by atomic mass is 10.1. The molecule has 2 heterocycles. The molecule has 0 spiro atoms. The summed E-state index contributed by atoms with van der Waals surface area (Å²) in [6, 6.07) is 8.12. The zero-order valence-electron chi connectivity index (χ0n) is 15.6. The molecule has 1 fully saturated rings. The van der Waals surface area contributed by atoms with E-state index >= 15 is 0 Å². The summed E-state index contributed by atoms with van der Waals surface area (Å²) in [4.78, 5) is 14.0. The maximum absolute atomic E-state index is 13.3. The Morgan fingerprint density at radius 2 is 2.19 bits per heavy atom. The van der Waals surface area contributed by atoms with Gasteiger partial charge in [0, 0.05) is 31.4 Å². The summed E-state index contributed by atoms with van der Waals surface area (Å²) in [7, 11) is 1.81. The van der Waals surface area contributed by atoms with Gasteiger partial charge in [0.15, 0.2) is 0 Å². The van der Waals surface area contributed by atoms with Crippen LogP contribution in [0.2, 0.25) is 0 Å². The number of carbonyl (C=O) groups is 1. The normalized spacial score (nSPS) is 19.4. The van der Waals surface area contributed by atoms with E-state index in [0.29, 0.717) is 19.5 Å². The van der Waals surface area contributed by atoms with Gasteiger partial charge in [-0.05, 0) is 43.9 Å². The second-order valence-electron chi connectivity index (χ2n) is 7.21. The highest BCUT2D eigenvalue weighted by atomic mass is 19.1. The minimum Gasteiger partial charge on any atom is -0.392 e. The number of aromatic amines is 1. The largest absolute Gasteiger partial charge is 0.392 e. The Labute approximate surface area is 158 Å². The van der Waals surface area contributed by atoms with Crippen molar-refractivity contribution in [2.24, 2.45) is 0 Å². The van der Waals surface area contributed by atoms with Crippen LogP contribution in [0.5, 0.6) is 0 Å². The van der Waals surface area contributed by atoms with Crippen molar-refractivity contribution in [3.63, 3.8) is 0 Å². The molecule has 3 N–H and O–H groups in total. The molecule has 7 heteroatoms. The van der Waals surface area contributed by atoms with E-state index in [1.54, 1.807) is 11.0 Å². The first kappa shape index (κ1) is 19.5. The van der Waals surface area contributed by atoms with Crippen molar-refractivity contribution in [2.75, 3.05) is 20.1 Å². The Morgan fingerprint density at radius 1 is 1.33 bits per heavy atom. The zero-order chi connectivity index (χ0) is 19.2. The first-order chi connectivity index (χ1) is 13.0. The minimum atomic E-state index is -0.418. The fourth-order valence-corrected chi connectivity index (χ4v) is 3.41. The molecule has 1 saturated heterocycles. The number of aliphatic hydroxyl groups is 1. The SMILES string of the molecule is CN(CCCCCc1cc(-c2cccc(F)c2)n[nH]1)C(=O)C1CC(O)CN1. The Kier molecular flexibility index (Phi) is 6.58. The van der Waals surface area contributed by atoms with Crippen LogP contribution in [0, 0.1) is 5.82 Å². The highest BCUT2D eigenvalue weighted by Crippen LogP contribution is 2.19. The molecule has 1 amide bonds. The topological polar surface area (TPSA) is 81.2 Å². The van der Waals surface area contributed by atoms with Gasteiger partial charge in [0.2, 0.25) is 5.91 Å². The Bertz CT molecular complexity index is 764. The number of H-pyrrole nitrogens is 1. The number of β-amino-alcohol motifs (C(OH)–C–C–N with tert-alkyl or cyclic N) is 1. The first-order valence-corrected chi connectivity index (χ1v) is 9.49. The number of aryl methyl sites for hydroxylation is 1. The van der Waals surface area contributed by atoms with Crippen LogP contribution in [-0.4, -0.2) is 58.4 Å². The molecule has 2 aromatic rings. The second kappa shape index (κ2) is 9.10. The third kappa shape index (κ3) is 5.37. The third-order valence-electron chi connectivity index (χ3n) is 4.97. The molecule has 0 radical (unpaired) electrons. The number of likely N-dealkylation sites (N-methyl/N-ethyl adjacent to an activating group) is 1. The van der Waals surface area contributed by atoms with E-state index in [1.807, 2.05) is 19.2 Å². The lowest BCUT2D eigenvalue weighted by Gasteiger charge is -2.21. The molecule has 1 aliphatic rings. The summed E-state index contributed by atoms with van der Waals surface area (Å²) >= 11 is 0. The van der Waals surface area contributed by atoms with E-state index in [2.05, 4.69) is 15.5 Å². The maximum Gasteiger partial charge on any atom is 0.239 e. The van der Waals surface area contributed by atoms with Gasteiger partial charge < -0.3 is 15.3 Å². The van der Waals surface area contributed by atoms with Gasteiger partial charge in [0.1, 0.15) is 5.82 Å². The molecule has 2 atom stereocenters. The molecular weight excluding hydrogens is 347 g/mol. The predicted octanol–water partition coefficient (Wildman–Crippen LogP) is 2.11. The van der Waals surface area contributed by atoms with E-state index in [0.717, 1.165) is 42.6 Å². The molecule has 0 saturated carbocycles. The molecule has 3 rings (SSSR count). The summed E-state index contributed by atoms with van der Waals surface area (Å²) in [5.74, 6) is -0.210. The van der Waals surface area contributed by atoms with Gasteiger partial charge in [-0.1, -0.05) is 18.6 Å². The molecule has 1 aromatic heterocycles. The van der Waals surface area contributed by atoms with Crippen molar-refractivity contribution >= 4 is 5.91 Å². The average molecular weight is 374 g/mol. The van der Waals surface area contributed by atoms with Crippen molar-refractivity contribution in [2.45, 2.75) is 44.2 Å². The molecular formula is C20H27FN4O2. The summed E-state index contributed by atoms with van der Waals surface area (Å²) in [6.45, 7) is 1.21. The number of rotatable bonds is 8. The Balaban J connectivity index is 1.36. The lowest BCUT2D eigenvalue weighted by Crippen LogP contribution is -2.41. The van der Waals surface area contributed by atoms with Gasteiger partial charge in [-0.2, -0.15) is 5.10 Å². The number of aliphatic hydroxyl groups excluding tert-OH is 1. The average Bonchev–Trinajstić information content (AvgIpc) is 3.30. The number of unbranched alkanes of at least 4 members (excludes halogenated alkanes) is 2. The van der Waals surface area contributed by atoms with Crippen LogP contribution in [0.15, 0.2) is 30.3 Å². The third-order valence-corrected chi connectivity index (χ3v) is 4.97. The fourth-order valence-electron chi connectivity index (χ4n) is 3.41. The van der Waals surface area contributed by atoms with Crippen LogP contribution in [0.25, 0.3) is 11.3 Å². The number of amides is 1. The standard InChI is InChI=1S/C20H27FN4O2/c1-25(20(27)19-12-17(26)13-22-19)9-4-2-3-8-16-11-18(24-23-16)14-6-5-7-15(21)10-14/h5-7,10-11,17,19,22,26H,2-4,8-9,12-13H2,1H3,(H,23,24). The number of carbonyl (C=O) groups excluding carboxylic acids is 1. The van der Waals surface area contributed by atoms with Crippen LogP contribution in [-0.2, 0) is 11.2 Å². The minimum absolute atomic E-state index is 0.0554. The smallest absolute Gasteiger partial charge is 0.239 e. The van der Waals surface area contributed by atoms with E-state index < -0.39 is 6.10 Å². The summed E-state index contributed by atoms with van der Waals surface area (Å²) in [5, 5.41) is 19.8. The molecule has 2 unspecified atom stereocenters. The van der Waals surface area contributed by atoms with Crippen molar-refractivity contribution in [3.8, 4) is 11.3 Å². The maximum atomic E-state index is 13.3. The number of nitrogens with one attached hydrogen (secondary N) is 2. The fraction of sp³-hybridized carbons (Fsp3) is 0.500. The summed E-state index contributed by atoms with van der Waals surface area (Å²) < 4.78 is 13.3. The van der Waals surface area contributed by atoms with Crippen LogP contribution in [0.3, 0.4) is 0 Å². The number of hydrogen-bond donors (Lipinski definition) is 3. The number of halogens is 1. The predicted molar refractivity (Wildman–Crippen MR) is 102 cm³/mol. The number of aromatic nitrogens is 2. The molecule has 27 heavy (non-hydrogen) atoms. The quantitative estimate of drug-likeness (QED) is 0.618. The molecule has 146 valence electrons. The number of benzene rings is 1. The van der Waals surface area contributed by atoms with E-state index in [4.69, 9.17) is 0 Å². The Hall–Kier alpha value is -2.25. The Morgan fingerprint density at radius 3 is 2.93 bits per heavy atom. The van der Waals surface area contributed by atoms with E-state index in [1.165, 1.54) is 12.1 Å². The lowest BCUT2D eigenvalue weighted by molar-refractivity contribution is -0.132. The van der Waals surface area contributed by atoms with Gasteiger partial charge in [-0.25, -0.2) is 4.39 Å². The number of hydrogen-bond acceptors (Lipinski definition) is 4.